The number of carbonyl (C=O) groups excluding carboxylic acids is 2. The van der Waals surface area contributed by atoms with E-state index in [1.54, 1.807) is 4.90 Å². The lowest BCUT2D eigenvalue weighted by Crippen LogP contribution is -2.28. The molecule has 0 aliphatic carbocycles. The summed E-state index contributed by atoms with van der Waals surface area (Å²) in [6, 6.07) is 8.57. The van der Waals surface area contributed by atoms with Crippen molar-refractivity contribution in [3.05, 3.63) is 59.2 Å². The summed E-state index contributed by atoms with van der Waals surface area (Å²) in [4.78, 5) is 26.3. The molecule has 0 radical (unpaired) electrons. The van der Waals surface area contributed by atoms with Gasteiger partial charge in [0.2, 0.25) is 11.8 Å². The maximum absolute atomic E-state index is 13.2. The molecule has 1 fully saturated rings. The van der Waals surface area contributed by atoms with Crippen molar-refractivity contribution in [2.75, 3.05) is 16.8 Å². The Morgan fingerprint density at radius 1 is 1.12 bits per heavy atom. The van der Waals surface area contributed by atoms with Crippen molar-refractivity contribution in [1.82, 2.24) is 0 Å². The number of aryl methyl sites for hydroxylation is 2. The van der Waals surface area contributed by atoms with Crippen LogP contribution in [0.4, 0.5) is 20.2 Å². The molecule has 2 amide bonds. The van der Waals surface area contributed by atoms with Crippen molar-refractivity contribution in [3.8, 4) is 0 Å². The lowest BCUT2D eigenvalue weighted by Gasteiger charge is -2.19. The van der Waals surface area contributed by atoms with Gasteiger partial charge in [-0.2, -0.15) is 0 Å². The van der Waals surface area contributed by atoms with Gasteiger partial charge in [0.25, 0.3) is 0 Å². The summed E-state index contributed by atoms with van der Waals surface area (Å²) >= 11 is 0. The summed E-state index contributed by atoms with van der Waals surface area (Å²) in [6.07, 6.45) is 0.0664. The topological polar surface area (TPSA) is 49.4 Å². The van der Waals surface area contributed by atoms with Crippen LogP contribution in [0.5, 0.6) is 0 Å². The Bertz CT molecular complexity index is 831. The van der Waals surface area contributed by atoms with Gasteiger partial charge in [0.05, 0.1) is 5.92 Å². The van der Waals surface area contributed by atoms with Gasteiger partial charge in [-0.25, -0.2) is 8.78 Å². The molecule has 1 atom stereocenters. The lowest BCUT2D eigenvalue weighted by atomic mass is 10.1. The van der Waals surface area contributed by atoms with Gasteiger partial charge >= 0.3 is 0 Å². The number of nitrogens with one attached hydrogen (secondary N) is 1. The molecule has 4 nitrogen and oxygen atoms in total. The maximum atomic E-state index is 13.2. The minimum Gasteiger partial charge on any atom is -0.326 e. The molecule has 0 aromatic heterocycles. The molecule has 1 heterocycles. The molecule has 6 heteroatoms. The first kappa shape index (κ1) is 17.1. The first-order valence-electron chi connectivity index (χ1n) is 7.98. The largest absolute Gasteiger partial charge is 0.326 e. The molecule has 2 aromatic rings. The standard InChI is InChI=1S/C19H18F2N2O2/c1-11-3-4-17(12(2)5-11)23-10-13(6-18(23)24)19(25)22-16-8-14(20)7-15(21)9-16/h3-5,7-9,13H,6,10H2,1-2H3,(H,22,25). The normalized spacial score (nSPS) is 17.0. The molecule has 0 spiro atoms. The first-order chi connectivity index (χ1) is 11.8. The highest BCUT2D eigenvalue weighted by Crippen LogP contribution is 2.29. The lowest BCUT2D eigenvalue weighted by molar-refractivity contribution is -0.122. The average Bonchev–Trinajstić information content (AvgIpc) is 2.88. The molecular formula is C19H18F2N2O2. The molecule has 0 saturated carbocycles. The second kappa shape index (κ2) is 6.63. The fraction of sp³-hybridized carbons (Fsp3) is 0.263. The van der Waals surface area contributed by atoms with Crippen LogP contribution in [0.3, 0.4) is 0 Å². The molecule has 1 unspecified atom stereocenters. The molecule has 3 rings (SSSR count). The van der Waals surface area contributed by atoms with Gasteiger partial charge < -0.3 is 10.2 Å². The summed E-state index contributed by atoms with van der Waals surface area (Å²) in [6.45, 7) is 4.13. The Morgan fingerprint density at radius 2 is 1.80 bits per heavy atom. The van der Waals surface area contributed by atoms with Crippen LogP contribution in [0.2, 0.25) is 0 Å². The van der Waals surface area contributed by atoms with Crippen molar-refractivity contribution in [3.63, 3.8) is 0 Å². The predicted molar refractivity (Wildman–Crippen MR) is 91.4 cm³/mol. The van der Waals surface area contributed by atoms with E-state index in [1.165, 1.54) is 0 Å². The van der Waals surface area contributed by atoms with Crippen LogP contribution in [0.1, 0.15) is 17.5 Å². The van der Waals surface area contributed by atoms with Gasteiger partial charge in [0.1, 0.15) is 11.6 Å². The highest BCUT2D eigenvalue weighted by atomic mass is 19.1. The molecule has 130 valence electrons. The van der Waals surface area contributed by atoms with Crippen LogP contribution in [0, 0.1) is 31.4 Å². The zero-order valence-corrected chi connectivity index (χ0v) is 14.0. The Kier molecular flexibility index (Phi) is 4.53. The van der Waals surface area contributed by atoms with Crippen LogP contribution >= 0.6 is 0 Å². The molecule has 25 heavy (non-hydrogen) atoms. The Hall–Kier alpha value is -2.76. The highest BCUT2D eigenvalue weighted by molar-refractivity contribution is 6.03. The second-order valence-electron chi connectivity index (χ2n) is 6.34. The molecule has 1 aliphatic rings. The quantitative estimate of drug-likeness (QED) is 0.925. The Morgan fingerprint density at radius 3 is 2.44 bits per heavy atom. The number of carbonyl (C=O) groups is 2. The number of hydrogen-bond donors (Lipinski definition) is 1. The van der Waals surface area contributed by atoms with Gasteiger partial charge in [-0.1, -0.05) is 17.7 Å². The van der Waals surface area contributed by atoms with E-state index < -0.39 is 23.5 Å². The molecule has 0 bridgehead atoms. The SMILES string of the molecule is Cc1ccc(N2CC(C(=O)Nc3cc(F)cc(F)c3)CC2=O)c(C)c1. The van der Waals surface area contributed by atoms with Gasteiger partial charge in [-0.15, -0.1) is 0 Å². The first-order valence-corrected chi connectivity index (χ1v) is 7.98. The van der Waals surface area contributed by atoms with E-state index in [9.17, 15) is 18.4 Å². The van der Waals surface area contributed by atoms with E-state index in [1.807, 2.05) is 32.0 Å². The van der Waals surface area contributed by atoms with Crippen molar-refractivity contribution in [2.45, 2.75) is 20.3 Å². The minimum absolute atomic E-state index is 0.0416. The Labute approximate surface area is 144 Å². The highest BCUT2D eigenvalue weighted by Gasteiger charge is 2.35. The zero-order chi connectivity index (χ0) is 18.1. The van der Waals surface area contributed by atoms with E-state index in [-0.39, 0.29) is 24.6 Å². The summed E-state index contributed by atoms with van der Waals surface area (Å²) < 4.78 is 26.4. The minimum atomic E-state index is -0.769. The van der Waals surface area contributed by atoms with E-state index in [4.69, 9.17) is 0 Å². The molecular weight excluding hydrogens is 326 g/mol. The number of benzene rings is 2. The number of hydrogen-bond acceptors (Lipinski definition) is 2. The van der Waals surface area contributed by atoms with Crippen molar-refractivity contribution < 1.29 is 18.4 Å². The number of rotatable bonds is 3. The molecule has 1 aliphatic heterocycles. The Balaban J connectivity index is 1.74. The van der Waals surface area contributed by atoms with Crippen LogP contribution in [-0.2, 0) is 9.59 Å². The van der Waals surface area contributed by atoms with Crippen LogP contribution in [0.25, 0.3) is 0 Å². The summed E-state index contributed by atoms with van der Waals surface area (Å²) in [5.41, 5.74) is 2.87. The van der Waals surface area contributed by atoms with Crippen LogP contribution < -0.4 is 10.2 Å². The third-order valence-corrected chi connectivity index (χ3v) is 4.27. The maximum Gasteiger partial charge on any atom is 0.229 e. The predicted octanol–water partition coefficient (Wildman–Crippen LogP) is 3.57. The van der Waals surface area contributed by atoms with E-state index in [0.717, 1.165) is 35.0 Å². The van der Waals surface area contributed by atoms with Gasteiger partial charge in [0, 0.05) is 30.4 Å². The van der Waals surface area contributed by atoms with Gasteiger partial charge in [-0.3, -0.25) is 9.59 Å². The smallest absolute Gasteiger partial charge is 0.229 e. The summed E-state index contributed by atoms with van der Waals surface area (Å²) in [7, 11) is 0. The van der Waals surface area contributed by atoms with Gasteiger partial charge in [-0.05, 0) is 37.6 Å². The monoisotopic (exact) mass is 344 g/mol. The fourth-order valence-corrected chi connectivity index (χ4v) is 3.09. The zero-order valence-electron chi connectivity index (χ0n) is 14.0. The summed E-state index contributed by atoms with van der Waals surface area (Å²) in [5, 5.41) is 2.48. The number of nitrogens with zero attached hydrogens (tertiary/aromatic N) is 1. The van der Waals surface area contributed by atoms with Gasteiger partial charge in [0.15, 0.2) is 0 Å². The third kappa shape index (κ3) is 3.68. The molecule has 1 N–H and O–H groups in total. The number of halogens is 2. The van der Waals surface area contributed by atoms with Crippen LogP contribution in [0.15, 0.2) is 36.4 Å². The van der Waals surface area contributed by atoms with E-state index in [2.05, 4.69) is 5.32 Å². The van der Waals surface area contributed by atoms with E-state index >= 15 is 0 Å². The van der Waals surface area contributed by atoms with Crippen molar-refractivity contribution >= 4 is 23.2 Å². The molecule has 1 saturated heterocycles. The van der Waals surface area contributed by atoms with Crippen LogP contribution in [-0.4, -0.2) is 18.4 Å². The molecule has 2 aromatic carbocycles. The van der Waals surface area contributed by atoms with E-state index in [0.29, 0.717) is 0 Å². The second-order valence-corrected chi connectivity index (χ2v) is 6.34. The fourth-order valence-electron chi connectivity index (χ4n) is 3.09. The average molecular weight is 344 g/mol. The van der Waals surface area contributed by atoms with Crippen molar-refractivity contribution in [2.24, 2.45) is 5.92 Å². The number of anilines is 2. The number of amides is 2. The third-order valence-electron chi connectivity index (χ3n) is 4.27. The summed E-state index contributed by atoms with van der Waals surface area (Å²) in [5.74, 6) is -2.67. The van der Waals surface area contributed by atoms with Crippen molar-refractivity contribution in [1.29, 1.82) is 0 Å².